The van der Waals surface area contributed by atoms with Crippen LogP contribution in [-0.2, 0) is 4.74 Å². The highest BCUT2D eigenvalue weighted by Crippen LogP contribution is 2.18. The van der Waals surface area contributed by atoms with Gasteiger partial charge in [0.1, 0.15) is 0 Å². The van der Waals surface area contributed by atoms with Gasteiger partial charge in [0.05, 0.1) is 6.61 Å². The minimum absolute atomic E-state index is 0.275. The number of alkyl halides is 4. The van der Waals surface area contributed by atoms with E-state index in [1.54, 1.807) is 0 Å². The van der Waals surface area contributed by atoms with Crippen LogP contribution in [0.15, 0.2) is 0 Å². The van der Waals surface area contributed by atoms with Gasteiger partial charge in [-0.3, -0.25) is 9.64 Å². The molecule has 0 amide bonds. The van der Waals surface area contributed by atoms with E-state index >= 15 is 0 Å². The Hall–Kier alpha value is 0.190. The first-order valence-electron chi connectivity index (χ1n) is 4.04. The summed E-state index contributed by atoms with van der Waals surface area (Å²) in [4.78, 5) is 2.36. The first-order valence-corrected chi connectivity index (χ1v) is 4.96. The van der Waals surface area contributed by atoms with Crippen molar-refractivity contribution in [1.29, 1.82) is 0 Å². The fourth-order valence-electron chi connectivity index (χ4n) is 1.28. The molecule has 0 N–H and O–H groups in total. The van der Waals surface area contributed by atoms with E-state index in [4.69, 9.17) is 0 Å². The van der Waals surface area contributed by atoms with Gasteiger partial charge < -0.3 is 0 Å². The van der Waals surface area contributed by atoms with Crippen LogP contribution in [0.5, 0.6) is 0 Å². The summed E-state index contributed by atoms with van der Waals surface area (Å²) in [6.45, 7) is 1.73. The van der Waals surface area contributed by atoms with E-state index in [0.29, 0.717) is 11.4 Å². The first-order chi connectivity index (χ1) is 5.97. The van der Waals surface area contributed by atoms with Crippen LogP contribution in [0.25, 0.3) is 0 Å². The zero-order valence-electron chi connectivity index (χ0n) is 6.98. The predicted octanol–water partition coefficient (Wildman–Crippen LogP) is 1.99. The highest BCUT2D eigenvalue weighted by molar-refractivity contribution is 9.09. The normalized spacial score (nSPS) is 25.4. The van der Waals surface area contributed by atoms with Crippen LogP contribution < -0.4 is 0 Å². The molecule has 1 unspecified atom stereocenters. The van der Waals surface area contributed by atoms with Crippen LogP contribution in [0.1, 0.15) is 6.42 Å². The van der Waals surface area contributed by atoms with Gasteiger partial charge in [0.2, 0.25) is 0 Å². The fourth-order valence-corrected chi connectivity index (χ4v) is 1.89. The molecule has 2 nitrogen and oxygen atoms in total. The number of nitrogens with zero attached hydrogens (tertiary/aromatic N) is 1. The van der Waals surface area contributed by atoms with Gasteiger partial charge in [0.15, 0.2) is 0 Å². The third-order valence-corrected chi connectivity index (χ3v) is 2.64. The summed E-state index contributed by atoms with van der Waals surface area (Å²) < 4.78 is 38.3. The van der Waals surface area contributed by atoms with E-state index in [9.17, 15) is 13.2 Å². The Morgan fingerprint density at radius 2 is 2.15 bits per heavy atom. The van der Waals surface area contributed by atoms with E-state index in [2.05, 4.69) is 20.7 Å². The molecule has 0 aromatic rings. The lowest BCUT2D eigenvalue weighted by Crippen LogP contribution is -2.28. The summed E-state index contributed by atoms with van der Waals surface area (Å²) >= 11 is 3.41. The molecule has 0 aliphatic carbocycles. The van der Waals surface area contributed by atoms with Crippen LogP contribution in [0.3, 0.4) is 0 Å². The van der Waals surface area contributed by atoms with Gasteiger partial charge in [-0.05, 0) is 13.0 Å². The van der Waals surface area contributed by atoms with Gasteiger partial charge in [-0.2, -0.15) is 0 Å². The molecule has 0 spiro atoms. The van der Waals surface area contributed by atoms with Crippen LogP contribution in [0.2, 0.25) is 0 Å². The molecule has 1 heterocycles. The molecule has 1 atom stereocenters. The molecular formula is C7H11BrF3NO. The van der Waals surface area contributed by atoms with Crippen molar-refractivity contribution in [3.8, 4) is 0 Å². The average molecular weight is 262 g/mol. The molecule has 1 rings (SSSR count). The lowest BCUT2D eigenvalue weighted by molar-refractivity contribution is -0.324. The SMILES string of the molecule is FC(F)(F)OCCN1CCC(Br)C1. The molecule has 0 aromatic heterocycles. The van der Waals surface area contributed by atoms with E-state index in [1.807, 2.05) is 4.90 Å². The number of hydrogen-bond donors (Lipinski definition) is 0. The molecule has 1 fully saturated rings. The second kappa shape index (κ2) is 4.61. The van der Waals surface area contributed by atoms with Crippen LogP contribution in [-0.4, -0.2) is 42.3 Å². The lowest BCUT2D eigenvalue weighted by Gasteiger charge is -2.15. The Balaban J connectivity index is 2.07. The summed E-state index contributed by atoms with van der Waals surface area (Å²) in [6, 6.07) is 0. The average Bonchev–Trinajstić information content (AvgIpc) is 2.33. The molecule has 1 saturated heterocycles. The summed E-state index contributed by atoms with van der Waals surface area (Å²) in [5.41, 5.74) is 0. The molecule has 13 heavy (non-hydrogen) atoms. The Morgan fingerprint density at radius 3 is 2.62 bits per heavy atom. The number of ether oxygens (including phenoxy) is 1. The monoisotopic (exact) mass is 261 g/mol. The Bertz CT molecular complexity index is 164. The van der Waals surface area contributed by atoms with Crippen molar-refractivity contribution in [2.45, 2.75) is 17.6 Å². The van der Waals surface area contributed by atoms with Crippen molar-refractivity contribution in [3.63, 3.8) is 0 Å². The molecular weight excluding hydrogens is 251 g/mol. The van der Waals surface area contributed by atoms with Gasteiger partial charge in [-0.15, -0.1) is 13.2 Å². The molecule has 0 radical (unpaired) electrons. The second-order valence-corrected chi connectivity index (χ2v) is 4.28. The highest BCUT2D eigenvalue weighted by atomic mass is 79.9. The third-order valence-electron chi connectivity index (χ3n) is 1.89. The standard InChI is InChI=1S/C7H11BrF3NO/c8-6-1-2-12(5-6)3-4-13-7(9,10)11/h6H,1-5H2. The molecule has 0 saturated carbocycles. The van der Waals surface area contributed by atoms with Gasteiger partial charge >= 0.3 is 6.36 Å². The minimum atomic E-state index is -4.49. The van der Waals surface area contributed by atoms with Gasteiger partial charge in [-0.25, -0.2) is 0 Å². The zero-order valence-corrected chi connectivity index (χ0v) is 8.57. The minimum Gasteiger partial charge on any atom is -0.300 e. The maximum Gasteiger partial charge on any atom is 0.522 e. The maximum atomic E-state index is 11.6. The lowest BCUT2D eigenvalue weighted by atomic mass is 10.4. The van der Waals surface area contributed by atoms with Gasteiger partial charge in [-0.1, -0.05) is 15.9 Å². The van der Waals surface area contributed by atoms with E-state index in [0.717, 1.165) is 19.5 Å². The van der Waals surface area contributed by atoms with Crippen molar-refractivity contribution in [3.05, 3.63) is 0 Å². The summed E-state index contributed by atoms with van der Waals surface area (Å²) in [6.07, 6.45) is -3.50. The summed E-state index contributed by atoms with van der Waals surface area (Å²) in [7, 11) is 0. The third kappa shape index (κ3) is 4.83. The van der Waals surface area contributed by atoms with Crippen LogP contribution in [0, 0.1) is 0 Å². The van der Waals surface area contributed by atoms with Crippen molar-refractivity contribution < 1.29 is 17.9 Å². The molecule has 78 valence electrons. The number of halogens is 4. The Morgan fingerprint density at radius 1 is 1.46 bits per heavy atom. The van der Waals surface area contributed by atoms with E-state index in [-0.39, 0.29) is 6.61 Å². The zero-order chi connectivity index (χ0) is 9.90. The number of likely N-dealkylation sites (tertiary alicyclic amines) is 1. The number of hydrogen-bond acceptors (Lipinski definition) is 2. The van der Waals surface area contributed by atoms with Gasteiger partial charge in [0.25, 0.3) is 0 Å². The summed E-state index contributed by atoms with van der Waals surface area (Å²) in [5, 5.41) is 0. The predicted molar refractivity (Wildman–Crippen MR) is 45.8 cm³/mol. The van der Waals surface area contributed by atoms with Crippen molar-refractivity contribution >= 4 is 15.9 Å². The molecule has 1 aliphatic rings. The topological polar surface area (TPSA) is 12.5 Å². The Kier molecular flexibility index (Phi) is 4.00. The maximum absolute atomic E-state index is 11.6. The quantitative estimate of drug-likeness (QED) is 0.721. The van der Waals surface area contributed by atoms with Crippen molar-refractivity contribution in [2.75, 3.05) is 26.2 Å². The first kappa shape index (κ1) is 11.3. The molecule has 1 aliphatic heterocycles. The smallest absolute Gasteiger partial charge is 0.300 e. The van der Waals surface area contributed by atoms with Crippen molar-refractivity contribution in [2.24, 2.45) is 0 Å². The van der Waals surface area contributed by atoms with Crippen LogP contribution in [0.4, 0.5) is 13.2 Å². The van der Waals surface area contributed by atoms with Crippen LogP contribution >= 0.6 is 15.9 Å². The van der Waals surface area contributed by atoms with E-state index < -0.39 is 6.36 Å². The fraction of sp³-hybridized carbons (Fsp3) is 1.00. The molecule has 6 heteroatoms. The number of rotatable bonds is 3. The van der Waals surface area contributed by atoms with E-state index in [1.165, 1.54) is 0 Å². The summed E-state index contributed by atoms with van der Waals surface area (Å²) in [5.74, 6) is 0. The van der Waals surface area contributed by atoms with Gasteiger partial charge in [0, 0.05) is 17.9 Å². The molecule has 0 aromatic carbocycles. The Labute approximate surface area is 83.2 Å². The molecule has 0 bridgehead atoms. The van der Waals surface area contributed by atoms with Crippen molar-refractivity contribution in [1.82, 2.24) is 4.90 Å². The largest absolute Gasteiger partial charge is 0.522 e. The highest BCUT2D eigenvalue weighted by Gasteiger charge is 2.29. The second-order valence-electron chi connectivity index (χ2n) is 2.98.